The number of nitrogens with one attached hydrogen (secondary N) is 1. The van der Waals surface area contributed by atoms with Crippen LogP contribution >= 0.6 is 34.8 Å². The Morgan fingerprint density at radius 3 is 2.48 bits per heavy atom. The molecule has 1 aromatic carbocycles. The summed E-state index contributed by atoms with van der Waals surface area (Å²) >= 11 is 18.1. The minimum atomic E-state index is 0.463. The molecular weight excluding hydrogens is 331 g/mol. The average molecular weight is 344 g/mol. The third-order valence-corrected chi connectivity index (χ3v) is 3.87. The molecule has 1 N–H and O–H groups in total. The zero-order valence-corrected chi connectivity index (χ0v) is 13.3. The van der Waals surface area contributed by atoms with E-state index in [2.05, 4.69) is 10.3 Å². The Kier molecular flexibility index (Phi) is 4.55. The Bertz CT molecular complexity index is 639. The van der Waals surface area contributed by atoms with Gasteiger partial charge in [-0.05, 0) is 37.1 Å². The maximum atomic E-state index is 6.15. The van der Waals surface area contributed by atoms with Gasteiger partial charge in [-0.3, -0.25) is 0 Å². The highest BCUT2D eigenvalue weighted by molar-refractivity contribution is 6.34. The zero-order chi connectivity index (χ0) is 14.8. The summed E-state index contributed by atoms with van der Waals surface area (Å²) in [7, 11) is 0. The highest BCUT2D eigenvalue weighted by atomic mass is 35.5. The average Bonchev–Trinajstić information content (AvgIpc) is 3.22. The minimum Gasteiger partial charge on any atom is -0.439 e. The zero-order valence-electron chi connectivity index (χ0n) is 11.1. The van der Waals surface area contributed by atoms with E-state index < -0.39 is 0 Å². The first-order chi connectivity index (χ1) is 10.1. The fourth-order valence-electron chi connectivity index (χ4n) is 1.88. The normalized spacial score (nSPS) is 14.2. The van der Waals surface area contributed by atoms with E-state index in [0.29, 0.717) is 39.3 Å². The minimum absolute atomic E-state index is 0.463. The maximum Gasteiger partial charge on any atom is 0.219 e. The molecule has 3 rings (SSSR count). The molecule has 0 unspecified atom stereocenters. The van der Waals surface area contributed by atoms with Crippen LogP contribution in [0, 0.1) is 0 Å². The van der Waals surface area contributed by atoms with E-state index in [9.17, 15) is 0 Å². The van der Waals surface area contributed by atoms with Gasteiger partial charge in [-0.1, -0.05) is 34.8 Å². The lowest BCUT2D eigenvalue weighted by Crippen LogP contribution is -2.16. The maximum absolute atomic E-state index is 6.15. The van der Waals surface area contributed by atoms with Gasteiger partial charge in [-0.15, -0.1) is 0 Å². The largest absolute Gasteiger partial charge is 0.439 e. The molecule has 1 fully saturated rings. The Morgan fingerprint density at radius 1 is 1.10 bits per heavy atom. The number of pyridine rings is 1. The summed E-state index contributed by atoms with van der Waals surface area (Å²) in [6, 6.07) is 9.12. The number of halogens is 3. The molecule has 2 aromatic rings. The second kappa shape index (κ2) is 6.41. The topological polar surface area (TPSA) is 34.1 Å². The predicted molar refractivity (Wildman–Crippen MR) is 85.6 cm³/mol. The van der Waals surface area contributed by atoms with Crippen molar-refractivity contribution in [2.24, 2.45) is 0 Å². The SMILES string of the molecule is Clc1cc(Cl)cc(Oc2ccc(Cl)c(CNC3CC3)n2)c1. The van der Waals surface area contributed by atoms with Crippen molar-refractivity contribution in [3.63, 3.8) is 0 Å². The molecule has 1 heterocycles. The monoisotopic (exact) mass is 342 g/mol. The highest BCUT2D eigenvalue weighted by Gasteiger charge is 2.20. The van der Waals surface area contributed by atoms with Crippen LogP contribution in [0.15, 0.2) is 30.3 Å². The molecular formula is C15H13Cl3N2O. The van der Waals surface area contributed by atoms with Gasteiger partial charge in [0.15, 0.2) is 0 Å². The van der Waals surface area contributed by atoms with Gasteiger partial charge in [0.25, 0.3) is 0 Å². The number of nitrogens with zero attached hydrogens (tertiary/aromatic N) is 1. The summed E-state index contributed by atoms with van der Waals surface area (Å²) in [5.74, 6) is 1.01. The van der Waals surface area contributed by atoms with Gasteiger partial charge in [0.1, 0.15) is 5.75 Å². The van der Waals surface area contributed by atoms with E-state index in [1.807, 2.05) is 0 Å². The molecule has 0 atom stereocenters. The van der Waals surface area contributed by atoms with Crippen molar-refractivity contribution in [2.45, 2.75) is 25.4 Å². The second-order valence-corrected chi connectivity index (χ2v) is 6.22. The van der Waals surface area contributed by atoms with E-state index in [-0.39, 0.29) is 0 Å². The van der Waals surface area contributed by atoms with Crippen LogP contribution in [-0.4, -0.2) is 11.0 Å². The number of benzene rings is 1. The molecule has 110 valence electrons. The lowest BCUT2D eigenvalue weighted by Gasteiger charge is -2.09. The second-order valence-electron chi connectivity index (χ2n) is 4.94. The molecule has 3 nitrogen and oxygen atoms in total. The molecule has 0 amide bonds. The quantitative estimate of drug-likeness (QED) is 0.821. The molecule has 0 bridgehead atoms. The van der Waals surface area contributed by atoms with E-state index in [1.54, 1.807) is 30.3 Å². The third-order valence-electron chi connectivity index (χ3n) is 3.09. The molecule has 0 aliphatic heterocycles. The molecule has 0 radical (unpaired) electrons. The summed E-state index contributed by atoms with van der Waals surface area (Å²) in [5.41, 5.74) is 0.772. The first-order valence-electron chi connectivity index (χ1n) is 6.63. The molecule has 21 heavy (non-hydrogen) atoms. The van der Waals surface area contributed by atoms with Crippen LogP contribution < -0.4 is 10.1 Å². The predicted octanol–water partition coefficient (Wildman–Crippen LogP) is 5.09. The first-order valence-corrected chi connectivity index (χ1v) is 7.76. The number of ether oxygens (including phenoxy) is 1. The summed E-state index contributed by atoms with van der Waals surface area (Å²) in [4.78, 5) is 4.42. The molecule has 1 aliphatic rings. The van der Waals surface area contributed by atoms with Gasteiger partial charge in [0, 0.05) is 28.7 Å². The van der Waals surface area contributed by atoms with Gasteiger partial charge >= 0.3 is 0 Å². The van der Waals surface area contributed by atoms with Crippen molar-refractivity contribution in [1.82, 2.24) is 10.3 Å². The van der Waals surface area contributed by atoms with Crippen molar-refractivity contribution in [3.8, 4) is 11.6 Å². The van der Waals surface area contributed by atoms with E-state index >= 15 is 0 Å². The molecule has 1 aliphatic carbocycles. The standard InChI is InChI=1S/C15H13Cl3N2O/c16-9-5-10(17)7-12(6-9)21-15-4-3-13(18)14(20-15)8-19-11-1-2-11/h3-7,11,19H,1-2,8H2. The molecule has 1 aromatic heterocycles. The molecule has 1 saturated carbocycles. The molecule has 6 heteroatoms. The van der Waals surface area contributed by atoms with Crippen molar-refractivity contribution in [2.75, 3.05) is 0 Å². The van der Waals surface area contributed by atoms with Gasteiger partial charge in [0.2, 0.25) is 5.88 Å². The van der Waals surface area contributed by atoms with Crippen molar-refractivity contribution < 1.29 is 4.74 Å². The van der Waals surface area contributed by atoms with Crippen LogP contribution in [-0.2, 0) is 6.54 Å². The Labute approximate surface area is 138 Å². The van der Waals surface area contributed by atoms with Gasteiger partial charge < -0.3 is 10.1 Å². The van der Waals surface area contributed by atoms with E-state index in [4.69, 9.17) is 39.5 Å². The smallest absolute Gasteiger partial charge is 0.219 e. The number of aromatic nitrogens is 1. The van der Waals surface area contributed by atoms with Gasteiger partial charge in [-0.25, -0.2) is 4.98 Å². The van der Waals surface area contributed by atoms with Crippen molar-refractivity contribution in [1.29, 1.82) is 0 Å². The first kappa shape index (κ1) is 14.9. The van der Waals surface area contributed by atoms with E-state index in [0.717, 1.165) is 5.69 Å². The lowest BCUT2D eigenvalue weighted by molar-refractivity contribution is 0.459. The third kappa shape index (κ3) is 4.24. The number of hydrogen-bond acceptors (Lipinski definition) is 3. The van der Waals surface area contributed by atoms with Crippen molar-refractivity contribution >= 4 is 34.8 Å². The Morgan fingerprint density at radius 2 is 1.81 bits per heavy atom. The van der Waals surface area contributed by atoms with Gasteiger partial charge in [-0.2, -0.15) is 0 Å². The fraction of sp³-hybridized carbons (Fsp3) is 0.267. The summed E-state index contributed by atoms with van der Waals surface area (Å²) in [6.45, 7) is 0.636. The lowest BCUT2D eigenvalue weighted by atomic mass is 10.3. The summed E-state index contributed by atoms with van der Waals surface area (Å²) in [5, 5.41) is 5.03. The van der Waals surface area contributed by atoms with Crippen molar-refractivity contribution in [3.05, 3.63) is 51.1 Å². The van der Waals surface area contributed by atoms with Crippen LogP contribution in [0.3, 0.4) is 0 Å². The van der Waals surface area contributed by atoms with Crippen LogP contribution in [0.5, 0.6) is 11.6 Å². The molecule has 0 saturated heterocycles. The van der Waals surface area contributed by atoms with Crippen LogP contribution in [0.4, 0.5) is 0 Å². The number of rotatable bonds is 5. The number of hydrogen-bond donors (Lipinski definition) is 1. The van der Waals surface area contributed by atoms with Crippen LogP contribution in [0.1, 0.15) is 18.5 Å². The fourth-order valence-corrected chi connectivity index (χ4v) is 2.56. The van der Waals surface area contributed by atoms with Crippen LogP contribution in [0.25, 0.3) is 0 Å². The van der Waals surface area contributed by atoms with Gasteiger partial charge in [0.05, 0.1) is 10.7 Å². The summed E-state index contributed by atoms with van der Waals surface area (Å²) < 4.78 is 5.69. The molecule has 0 spiro atoms. The summed E-state index contributed by atoms with van der Waals surface area (Å²) in [6.07, 6.45) is 2.43. The van der Waals surface area contributed by atoms with Crippen LogP contribution in [0.2, 0.25) is 15.1 Å². The Balaban J connectivity index is 1.76. The Hall–Kier alpha value is -1.00. The highest BCUT2D eigenvalue weighted by Crippen LogP contribution is 2.29. The van der Waals surface area contributed by atoms with E-state index in [1.165, 1.54) is 12.8 Å².